The van der Waals surface area contributed by atoms with E-state index in [0.29, 0.717) is 0 Å². The molecule has 0 bridgehead atoms. The third-order valence-corrected chi connectivity index (χ3v) is 6.19. The van der Waals surface area contributed by atoms with Crippen molar-refractivity contribution in [2.75, 3.05) is 31.1 Å². The van der Waals surface area contributed by atoms with Crippen molar-refractivity contribution in [2.24, 2.45) is 0 Å². The Bertz CT molecular complexity index is 1160. The highest BCUT2D eigenvalue weighted by Gasteiger charge is 2.22. The summed E-state index contributed by atoms with van der Waals surface area (Å²) in [7, 11) is 0. The van der Waals surface area contributed by atoms with Crippen LogP contribution >= 0.6 is 0 Å². The molecule has 0 saturated carbocycles. The molecular formula is C26H28N4. The number of hydrogen-bond donors (Lipinski definition) is 1. The Labute approximate surface area is 178 Å². The number of aryl methyl sites for hydroxylation is 1. The molecular weight excluding hydrogens is 368 g/mol. The lowest BCUT2D eigenvalue weighted by Gasteiger charge is -2.29. The molecule has 1 aliphatic heterocycles. The fourth-order valence-corrected chi connectivity index (χ4v) is 4.46. The van der Waals surface area contributed by atoms with Crippen LogP contribution < -0.4 is 10.2 Å². The topological polar surface area (TPSA) is 33.1 Å². The van der Waals surface area contributed by atoms with Crippen LogP contribution in [0.4, 0.5) is 5.95 Å². The normalized spacial score (nSPS) is 14.4. The standard InChI is InChI=1S/C26H28N4/c1-19-17-23-25(24(20(19)2)22-11-7-4-8-12-22)28-26(29-15-13-27-14-16-29)30(23)18-21-9-5-3-6-10-21/h3-12,17,27H,13-16,18H2,1-2H3. The van der Waals surface area contributed by atoms with E-state index in [-0.39, 0.29) is 0 Å². The summed E-state index contributed by atoms with van der Waals surface area (Å²) in [6.07, 6.45) is 0. The fourth-order valence-electron chi connectivity index (χ4n) is 4.46. The number of piperazine rings is 1. The number of anilines is 1. The highest BCUT2D eigenvalue weighted by Crippen LogP contribution is 2.36. The van der Waals surface area contributed by atoms with Crippen LogP contribution in [0, 0.1) is 13.8 Å². The Morgan fingerprint density at radius 2 is 1.57 bits per heavy atom. The number of hydrogen-bond acceptors (Lipinski definition) is 3. The van der Waals surface area contributed by atoms with E-state index < -0.39 is 0 Å². The second-order valence-corrected chi connectivity index (χ2v) is 8.15. The van der Waals surface area contributed by atoms with Crippen LogP contribution in [0.5, 0.6) is 0 Å². The Morgan fingerprint density at radius 1 is 0.900 bits per heavy atom. The molecule has 1 fully saturated rings. The number of imidazole rings is 1. The summed E-state index contributed by atoms with van der Waals surface area (Å²) in [6.45, 7) is 9.22. The zero-order valence-corrected chi connectivity index (χ0v) is 17.7. The molecule has 1 saturated heterocycles. The van der Waals surface area contributed by atoms with E-state index in [2.05, 4.69) is 95.4 Å². The molecule has 0 atom stereocenters. The van der Waals surface area contributed by atoms with Crippen LogP contribution in [0.25, 0.3) is 22.2 Å². The molecule has 0 unspecified atom stereocenters. The van der Waals surface area contributed by atoms with Gasteiger partial charge in [-0.2, -0.15) is 0 Å². The molecule has 0 aliphatic carbocycles. The highest BCUT2D eigenvalue weighted by molar-refractivity contribution is 5.96. The van der Waals surface area contributed by atoms with Gasteiger partial charge in [-0.05, 0) is 42.2 Å². The lowest BCUT2D eigenvalue weighted by molar-refractivity contribution is 0.571. The van der Waals surface area contributed by atoms with Gasteiger partial charge in [0.05, 0.1) is 17.6 Å². The molecule has 2 heterocycles. The van der Waals surface area contributed by atoms with E-state index in [1.165, 1.54) is 33.3 Å². The first-order chi connectivity index (χ1) is 14.7. The third-order valence-electron chi connectivity index (χ3n) is 6.19. The lowest BCUT2D eigenvalue weighted by atomic mass is 9.95. The van der Waals surface area contributed by atoms with E-state index >= 15 is 0 Å². The maximum absolute atomic E-state index is 5.27. The Kier molecular flexibility index (Phi) is 5.01. The quantitative estimate of drug-likeness (QED) is 0.539. The van der Waals surface area contributed by atoms with Gasteiger partial charge in [-0.25, -0.2) is 4.98 Å². The van der Waals surface area contributed by atoms with Gasteiger partial charge in [-0.15, -0.1) is 0 Å². The summed E-state index contributed by atoms with van der Waals surface area (Å²) in [5.41, 5.74) is 8.73. The monoisotopic (exact) mass is 396 g/mol. The molecule has 1 aliphatic rings. The first-order valence-electron chi connectivity index (χ1n) is 10.8. The minimum absolute atomic E-state index is 0.827. The minimum atomic E-state index is 0.827. The van der Waals surface area contributed by atoms with E-state index in [9.17, 15) is 0 Å². The molecule has 4 aromatic rings. The fraction of sp³-hybridized carbons (Fsp3) is 0.269. The maximum Gasteiger partial charge on any atom is 0.206 e. The summed E-state index contributed by atoms with van der Waals surface area (Å²) in [5.74, 6) is 1.08. The van der Waals surface area contributed by atoms with Crippen molar-refractivity contribution in [1.82, 2.24) is 14.9 Å². The van der Waals surface area contributed by atoms with Crippen LogP contribution in [0.2, 0.25) is 0 Å². The molecule has 152 valence electrons. The molecule has 0 radical (unpaired) electrons. The average molecular weight is 397 g/mol. The summed E-state index contributed by atoms with van der Waals surface area (Å²) in [4.78, 5) is 7.70. The summed E-state index contributed by atoms with van der Waals surface area (Å²) in [5, 5.41) is 3.46. The van der Waals surface area contributed by atoms with Gasteiger partial charge in [0.1, 0.15) is 0 Å². The summed E-state index contributed by atoms with van der Waals surface area (Å²) >= 11 is 0. The largest absolute Gasteiger partial charge is 0.340 e. The van der Waals surface area contributed by atoms with Crippen LogP contribution in [-0.2, 0) is 6.54 Å². The van der Waals surface area contributed by atoms with Crippen molar-refractivity contribution in [3.05, 3.63) is 83.4 Å². The van der Waals surface area contributed by atoms with Crippen molar-refractivity contribution in [2.45, 2.75) is 20.4 Å². The average Bonchev–Trinajstić information content (AvgIpc) is 3.14. The predicted molar refractivity (Wildman–Crippen MR) is 125 cm³/mol. The zero-order chi connectivity index (χ0) is 20.5. The van der Waals surface area contributed by atoms with Crippen molar-refractivity contribution < 1.29 is 0 Å². The van der Waals surface area contributed by atoms with E-state index in [1.807, 2.05) is 0 Å². The lowest BCUT2D eigenvalue weighted by Crippen LogP contribution is -2.44. The maximum atomic E-state index is 5.27. The van der Waals surface area contributed by atoms with E-state index in [4.69, 9.17) is 4.98 Å². The first kappa shape index (κ1) is 18.9. The van der Waals surface area contributed by atoms with Crippen molar-refractivity contribution in [3.8, 4) is 11.1 Å². The minimum Gasteiger partial charge on any atom is -0.340 e. The van der Waals surface area contributed by atoms with Gasteiger partial charge in [0.15, 0.2) is 0 Å². The number of fused-ring (bicyclic) bond motifs is 1. The number of aromatic nitrogens is 2. The SMILES string of the molecule is Cc1cc2c(nc(N3CCNCC3)n2Cc2ccccc2)c(-c2ccccc2)c1C. The van der Waals surface area contributed by atoms with Gasteiger partial charge in [0.2, 0.25) is 5.95 Å². The highest BCUT2D eigenvalue weighted by atomic mass is 15.3. The van der Waals surface area contributed by atoms with E-state index in [1.54, 1.807) is 0 Å². The number of benzene rings is 3. The van der Waals surface area contributed by atoms with Crippen LogP contribution in [-0.4, -0.2) is 35.7 Å². The molecule has 0 amide bonds. The van der Waals surface area contributed by atoms with Gasteiger partial charge < -0.3 is 14.8 Å². The van der Waals surface area contributed by atoms with Crippen LogP contribution in [0.15, 0.2) is 66.7 Å². The van der Waals surface area contributed by atoms with Crippen molar-refractivity contribution >= 4 is 17.0 Å². The predicted octanol–water partition coefficient (Wildman–Crippen LogP) is 4.78. The molecule has 3 aromatic carbocycles. The van der Waals surface area contributed by atoms with Crippen molar-refractivity contribution in [3.63, 3.8) is 0 Å². The van der Waals surface area contributed by atoms with Gasteiger partial charge >= 0.3 is 0 Å². The molecule has 4 nitrogen and oxygen atoms in total. The second kappa shape index (κ2) is 7.96. The summed E-state index contributed by atoms with van der Waals surface area (Å²) in [6, 6.07) is 23.7. The second-order valence-electron chi connectivity index (χ2n) is 8.15. The molecule has 1 aromatic heterocycles. The Balaban J connectivity index is 1.76. The smallest absolute Gasteiger partial charge is 0.206 e. The van der Waals surface area contributed by atoms with Gasteiger partial charge in [0, 0.05) is 31.7 Å². The van der Waals surface area contributed by atoms with Crippen molar-refractivity contribution in [1.29, 1.82) is 0 Å². The summed E-state index contributed by atoms with van der Waals surface area (Å²) < 4.78 is 2.41. The van der Waals surface area contributed by atoms with Gasteiger partial charge in [0.25, 0.3) is 0 Å². The molecule has 30 heavy (non-hydrogen) atoms. The van der Waals surface area contributed by atoms with Crippen LogP contribution in [0.3, 0.4) is 0 Å². The molecule has 1 N–H and O–H groups in total. The molecule has 4 heteroatoms. The van der Waals surface area contributed by atoms with Gasteiger partial charge in [-0.1, -0.05) is 60.7 Å². The Hall–Kier alpha value is -3.11. The Morgan fingerprint density at radius 3 is 2.27 bits per heavy atom. The van der Waals surface area contributed by atoms with Gasteiger partial charge in [-0.3, -0.25) is 0 Å². The first-order valence-corrected chi connectivity index (χ1v) is 10.8. The number of rotatable bonds is 4. The third kappa shape index (κ3) is 3.37. The van der Waals surface area contributed by atoms with E-state index in [0.717, 1.165) is 44.2 Å². The number of nitrogens with one attached hydrogen (secondary N) is 1. The molecule has 5 rings (SSSR count). The molecule has 0 spiro atoms. The zero-order valence-electron chi connectivity index (χ0n) is 17.7. The number of nitrogens with zero attached hydrogens (tertiary/aromatic N) is 3. The van der Waals surface area contributed by atoms with Crippen LogP contribution in [0.1, 0.15) is 16.7 Å².